The van der Waals surface area contributed by atoms with Gasteiger partial charge in [-0.25, -0.2) is 0 Å². The molecular formula is C12H14F3N. The molecule has 88 valence electrons. The maximum absolute atomic E-state index is 12.7. The van der Waals surface area contributed by atoms with Crippen molar-refractivity contribution in [2.45, 2.75) is 19.0 Å². The zero-order chi connectivity index (χ0) is 11.8. The van der Waals surface area contributed by atoms with Crippen LogP contribution in [-0.4, -0.2) is 24.5 Å². The van der Waals surface area contributed by atoms with Crippen LogP contribution in [0.25, 0.3) is 0 Å². The van der Waals surface area contributed by atoms with E-state index in [0.29, 0.717) is 5.56 Å². The first-order chi connectivity index (χ1) is 7.52. The van der Waals surface area contributed by atoms with Crippen molar-refractivity contribution in [1.82, 2.24) is 4.90 Å². The molecule has 16 heavy (non-hydrogen) atoms. The molecular weight excluding hydrogens is 215 g/mol. The topological polar surface area (TPSA) is 3.24 Å². The van der Waals surface area contributed by atoms with E-state index in [-0.39, 0.29) is 5.92 Å². The van der Waals surface area contributed by atoms with E-state index >= 15 is 0 Å². The molecule has 4 heteroatoms. The molecule has 0 N–H and O–H groups in total. The molecule has 1 aromatic rings. The maximum Gasteiger partial charge on any atom is 0.416 e. The van der Waals surface area contributed by atoms with Crippen LogP contribution in [0, 0.1) is 0 Å². The number of likely N-dealkylation sites (N-methyl/N-ethyl adjacent to an activating group) is 1. The monoisotopic (exact) mass is 229 g/mol. The van der Waals surface area contributed by atoms with Crippen LogP contribution in [0.15, 0.2) is 24.3 Å². The smallest absolute Gasteiger partial charge is 0.302 e. The third-order valence-electron chi connectivity index (χ3n) is 3.11. The molecule has 0 aliphatic carbocycles. The Labute approximate surface area is 92.9 Å². The van der Waals surface area contributed by atoms with Crippen molar-refractivity contribution in [3.8, 4) is 0 Å². The first-order valence-corrected chi connectivity index (χ1v) is 5.41. The SMILES string of the molecule is CCN1CC(c2ccccc2C(F)(F)F)C1. The molecule has 0 spiro atoms. The van der Waals surface area contributed by atoms with Gasteiger partial charge in [0.15, 0.2) is 0 Å². The van der Waals surface area contributed by atoms with Crippen LogP contribution in [0.1, 0.15) is 24.0 Å². The minimum atomic E-state index is -4.23. The van der Waals surface area contributed by atoms with Crippen LogP contribution >= 0.6 is 0 Å². The zero-order valence-electron chi connectivity index (χ0n) is 9.09. The molecule has 0 radical (unpaired) electrons. The third-order valence-corrected chi connectivity index (χ3v) is 3.11. The normalized spacial score (nSPS) is 18.5. The number of likely N-dealkylation sites (tertiary alicyclic amines) is 1. The predicted octanol–water partition coefficient (Wildman–Crippen LogP) is 3.12. The van der Waals surface area contributed by atoms with E-state index < -0.39 is 11.7 Å². The van der Waals surface area contributed by atoms with Gasteiger partial charge in [0.2, 0.25) is 0 Å². The lowest BCUT2D eigenvalue weighted by atomic mass is 9.88. The number of rotatable bonds is 2. The zero-order valence-corrected chi connectivity index (χ0v) is 9.09. The van der Waals surface area contributed by atoms with Crippen molar-refractivity contribution in [3.63, 3.8) is 0 Å². The van der Waals surface area contributed by atoms with Crippen LogP contribution in [0.4, 0.5) is 13.2 Å². The summed E-state index contributed by atoms with van der Waals surface area (Å²) in [4.78, 5) is 2.14. The third kappa shape index (κ3) is 2.07. The summed E-state index contributed by atoms with van der Waals surface area (Å²) in [5, 5.41) is 0. The summed E-state index contributed by atoms with van der Waals surface area (Å²) < 4.78 is 38.2. The van der Waals surface area contributed by atoms with Gasteiger partial charge in [0, 0.05) is 19.0 Å². The average molecular weight is 229 g/mol. The number of hydrogen-bond acceptors (Lipinski definition) is 1. The van der Waals surface area contributed by atoms with Gasteiger partial charge in [0.05, 0.1) is 5.56 Å². The van der Waals surface area contributed by atoms with Gasteiger partial charge in [0.25, 0.3) is 0 Å². The molecule has 0 aromatic heterocycles. The summed E-state index contributed by atoms with van der Waals surface area (Å²) in [5.41, 5.74) is -0.0320. The number of halogens is 3. The van der Waals surface area contributed by atoms with Crippen LogP contribution < -0.4 is 0 Å². The number of benzene rings is 1. The average Bonchev–Trinajstić information content (AvgIpc) is 2.15. The Morgan fingerprint density at radius 3 is 2.44 bits per heavy atom. The molecule has 1 nitrogen and oxygen atoms in total. The van der Waals surface area contributed by atoms with Crippen molar-refractivity contribution >= 4 is 0 Å². The van der Waals surface area contributed by atoms with Gasteiger partial charge >= 0.3 is 6.18 Å². The summed E-state index contributed by atoms with van der Waals surface area (Å²) in [7, 11) is 0. The van der Waals surface area contributed by atoms with Gasteiger partial charge in [-0.1, -0.05) is 25.1 Å². The predicted molar refractivity (Wildman–Crippen MR) is 56.3 cm³/mol. The van der Waals surface area contributed by atoms with Crippen molar-refractivity contribution in [2.75, 3.05) is 19.6 Å². The molecule has 0 bridgehead atoms. The summed E-state index contributed by atoms with van der Waals surface area (Å²) in [6, 6.07) is 5.90. The van der Waals surface area contributed by atoms with Gasteiger partial charge in [-0.05, 0) is 18.2 Å². The lowest BCUT2D eigenvalue weighted by Crippen LogP contribution is -2.45. The quantitative estimate of drug-likeness (QED) is 0.753. The lowest BCUT2D eigenvalue weighted by Gasteiger charge is -2.39. The van der Waals surface area contributed by atoms with Crippen molar-refractivity contribution in [1.29, 1.82) is 0 Å². The van der Waals surface area contributed by atoms with E-state index in [0.717, 1.165) is 19.6 Å². The van der Waals surface area contributed by atoms with Gasteiger partial charge in [-0.2, -0.15) is 13.2 Å². The fourth-order valence-electron chi connectivity index (χ4n) is 2.14. The summed E-state index contributed by atoms with van der Waals surface area (Å²) in [5.74, 6) is 0.0396. The van der Waals surface area contributed by atoms with Crippen LogP contribution in [-0.2, 0) is 6.18 Å². The highest BCUT2D eigenvalue weighted by molar-refractivity contribution is 5.34. The highest BCUT2D eigenvalue weighted by Gasteiger charge is 2.37. The first-order valence-electron chi connectivity index (χ1n) is 5.41. The van der Waals surface area contributed by atoms with Crippen LogP contribution in [0.5, 0.6) is 0 Å². The van der Waals surface area contributed by atoms with Crippen LogP contribution in [0.3, 0.4) is 0 Å². The van der Waals surface area contributed by atoms with E-state index in [1.165, 1.54) is 12.1 Å². The number of nitrogens with zero attached hydrogens (tertiary/aromatic N) is 1. The lowest BCUT2D eigenvalue weighted by molar-refractivity contribution is -0.138. The molecule has 1 saturated heterocycles. The maximum atomic E-state index is 12.7. The Balaban J connectivity index is 2.22. The standard InChI is InChI=1S/C12H14F3N/c1-2-16-7-9(8-16)10-5-3-4-6-11(10)12(13,14)15/h3-6,9H,2,7-8H2,1H3. The summed E-state index contributed by atoms with van der Waals surface area (Å²) in [6.07, 6.45) is -4.23. The second-order valence-corrected chi connectivity index (χ2v) is 4.13. The van der Waals surface area contributed by atoms with E-state index in [1.807, 2.05) is 6.92 Å². The number of alkyl halides is 3. The van der Waals surface area contributed by atoms with Gasteiger partial charge in [-0.3, -0.25) is 0 Å². The molecule has 1 heterocycles. The van der Waals surface area contributed by atoms with Gasteiger partial charge < -0.3 is 4.90 Å². The molecule has 2 rings (SSSR count). The van der Waals surface area contributed by atoms with Crippen molar-refractivity contribution in [3.05, 3.63) is 35.4 Å². The number of hydrogen-bond donors (Lipinski definition) is 0. The first kappa shape index (κ1) is 11.5. The van der Waals surface area contributed by atoms with Crippen LogP contribution in [0.2, 0.25) is 0 Å². The molecule has 1 aliphatic heterocycles. The Bertz CT molecular complexity index is 367. The Morgan fingerprint density at radius 2 is 1.88 bits per heavy atom. The molecule has 1 aromatic carbocycles. The molecule has 0 amide bonds. The second-order valence-electron chi connectivity index (χ2n) is 4.13. The van der Waals surface area contributed by atoms with E-state index in [4.69, 9.17) is 0 Å². The van der Waals surface area contributed by atoms with E-state index in [9.17, 15) is 13.2 Å². The molecule has 1 aliphatic rings. The molecule has 1 fully saturated rings. The Hall–Kier alpha value is -1.03. The van der Waals surface area contributed by atoms with Gasteiger partial charge in [0.1, 0.15) is 0 Å². The molecule has 0 atom stereocenters. The van der Waals surface area contributed by atoms with Crippen molar-refractivity contribution < 1.29 is 13.2 Å². The Morgan fingerprint density at radius 1 is 1.25 bits per heavy atom. The summed E-state index contributed by atoms with van der Waals surface area (Å²) >= 11 is 0. The minimum absolute atomic E-state index is 0.0396. The molecule has 0 unspecified atom stereocenters. The second kappa shape index (κ2) is 4.09. The van der Waals surface area contributed by atoms with Crippen molar-refractivity contribution in [2.24, 2.45) is 0 Å². The fourth-order valence-corrected chi connectivity index (χ4v) is 2.14. The van der Waals surface area contributed by atoms with E-state index in [1.54, 1.807) is 12.1 Å². The van der Waals surface area contributed by atoms with Gasteiger partial charge in [-0.15, -0.1) is 0 Å². The minimum Gasteiger partial charge on any atom is -0.302 e. The fraction of sp³-hybridized carbons (Fsp3) is 0.500. The summed E-state index contributed by atoms with van der Waals surface area (Å²) in [6.45, 7) is 4.41. The van der Waals surface area contributed by atoms with E-state index in [2.05, 4.69) is 4.90 Å². The highest BCUT2D eigenvalue weighted by Crippen LogP contribution is 2.37. The Kier molecular flexibility index (Phi) is 2.93. The molecule has 0 saturated carbocycles. The largest absolute Gasteiger partial charge is 0.416 e. The highest BCUT2D eigenvalue weighted by atomic mass is 19.4.